The molecule has 2 heteroatoms. The highest BCUT2D eigenvalue weighted by atomic mass is 16.5. The summed E-state index contributed by atoms with van der Waals surface area (Å²) < 4.78 is 5.46. The van der Waals surface area contributed by atoms with Crippen molar-refractivity contribution in [1.82, 2.24) is 4.90 Å². The molecule has 0 aromatic heterocycles. The van der Waals surface area contributed by atoms with Gasteiger partial charge in [0.25, 0.3) is 0 Å². The summed E-state index contributed by atoms with van der Waals surface area (Å²) in [4.78, 5) is 2.43. The second-order valence-electron chi connectivity index (χ2n) is 3.66. The Morgan fingerprint density at radius 3 is 2.55 bits per heavy atom. The molecule has 1 aliphatic heterocycles. The van der Waals surface area contributed by atoms with Crippen molar-refractivity contribution in [2.45, 2.75) is 20.3 Å². The average molecular weight is 157 g/mol. The maximum atomic E-state index is 5.46. The highest BCUT2D eigenvalue weighted by Crippen LogP contribution is 2.04. The van der Waals surface area contributed by atoms with Crippen molar-refractivity contribution in [1.29, 1.82) is 0 Å². The Bertz CT molecular complexity index is 99.7. The van der Waals surface area contributed by atoms with Gasteiger partial charge in [-0.1, -0.05) is 13.8 Å². The second-order valence-corrected chi connectivity index (χ2v) is 3.66. The topological polar surface area (TPSA) is 12.5 Å². The quantitative estimate of drug-likeness (QED) is 0.559. The van der Waals surface area contributed by atoms with Gasteiger partial charge in [0.05, 0.1) is 6.61 Å². The van der Waals surface area contributed by atoms with E-state index in [1.807, 2.05) is 0 Å². The molecule has 0 aromatic carbocycles. The van der Waals surface area contributed by atoms with Crippen LogP contribution < -0.4 is 0 Å². The number of hydrogen-bond acceptors (Lipinski definition) is 2. The monoisotopic (exact) mass is 157 g/mol. The molecule has 1 rings (SSSR count). The van der Waals surface area contributed by atoms with Crippen LogP contribution in [0.4, 0.5) is 0 Å². The van der Waals surface area contributed by atoms with Crippen LogP contribution in [0.25, 0.3) is 0 Å². The van der Waals surface area contributed by atoms with Gasteiger partial charge in [-0.2, -0.15) is 0 Å². The highest BCUT2D eigenvalue weighted by molar-refractivity contribution is 4.67. The zero-order valence-corrected chi connectivity index (χ0v) is 7.68. The maximum Gasteiger partial charge on any atom is 0.0593 e. The van der Waals surface area contributed by atoms with Crippen molar-refractivity contribution in [2.24, 2.45) is 5.92 Å². The Hall–Kier alpha value is -0.0800. The van der Waals surface area contributed by atoms with Crippen molar-refractivity contribution in [3.8, 4) is 0 Å². The van der Waals surface area contributed by atoms with Gasteiger partial charge in [0, 0.05) is 13.2 Å². The molecule has 1 aliphatic rings. The first-order valence-corrected chi connectivity index (χ1v) is 4.59. The lowest BCUT2D eigenvalue weighted by Crippen LogP contribution is -2.39. The smallest absolute Gasteiger partial charge is 0.0593 e. The van der Waals surface area contributed by atoms with E-state index in [2.05, 4.69) is 18.7 Å². The van der Waals surface area contributed by atoms with Crippen LogP contribution in [0.3, 0.4) is 0 Å². The number of rotatable bonds is 5. The molecule has 1 saturated heterocycles. The molecule has 0 aliphatic carbocycles. The van der Waals surface area contributed by atoms with E-state index in [0.29, 0.717) is 5.92 Å². The number of nitrogens with zero attached hydrogens (tertiary/aromatic N) is 1. The number of likely N-dealkylation sites (tertiary alicyclic amines) is 1. The average Bonchev–Trinajstić information content (AvgIpc) is 1.82. The minimum Gasteiger partial charge on any atom is -0.380 e. The lowest BCUT2D eigenvalue weighted by molar-refractivity contribution is 0.0673. The molecule has 0 aromatic rings. The van der Waals surface area contributed by atoms with Gasteiger partial charge in [-0.3, -0.25) is 0 Å². The van der Waals surface area contributed by atoms with Crippen molar-refractivity contribution >= 4 is 0 Å². The Labute approximate surface area is 69.5 Å². The van der Waals surface area contributed by atoms with Crippen molar-refractivity contribution in [3.05, 3.63) is 0 Å². The number of ether oxygens (including phenoxy) is 1. The summed E-state index contributed by atoms with van der Waals surface area (Å²) >= 11 is 0. The van der Waals surface area contributed by atoms with E-state index in [-0.39, 0.29) is 0 Å². The van der Waals surface area contributed by atoms with Crippen LogP contribution in [0.5, 0.6) is 0 Å². The molecule has 0 atom stereocenters. The lowest BCUT2D eigenvalue weighted by atomic mass is 10.2. The molecule has 0 amide bonds. The van der Waals surface area contributed by atoms with E-state index in [1.54, 1.807) is 0 Å². The Kier molecular flexibility index (Phi) is 3.87. The van der Waals surface area contributed by atoms with Crippen molar-refractivity contribution in [3.63, 3.8) is 0 Å². The summed E-state index contributed by atoms with van der Waals surface area (Å²) in [5, 5.41) is 0. The molecule has 66 valence electrons. The summed E-state index contributed by atoms with van der Waals surface area (Å²) in [6.45, 7) is 9.89. The van der Waals surface area contributed by atoms with Crippen LogP contribution in [-0.4, -0.2) is 37.7 Å². The SMILES string of the molecule is CC(C)COCCN1CCC1. The second kappa shape index (κ2) is 4.73. The molecule has 1 heterocycles. The normalized spacial score (nSPS) is 18.8. The summed E-state index contributed by atoms with van der Waals surface area (Å²) in [6.07, 6.45) is 1.38. The largest absolute Gasteiger partial charge is 0.380 e. The third-order valence-electron chi connectivity index (χ3n) is 1.95. The molecule has 0 saturated carbocycles. The van der Waals surface area contributed by atoms with Crippen molar-refractivity contribution < 1.29 is 4.74 Å². The first-order chi connectivity index (χ1) is 5.29. The van der Waals surface area contributed by atoms with Gasteiger partial charge in [-0.15, -0.1) is 0 Å². The molecule has 0 radical (unpaired) electrons. The molecule has 0 bridgehead atoms. The van der Waals surface area contributed by atoms with Crippen LogP contribution in [0.15, 0.2) is 0 Å². The molecule has 0 N–H and O–H groups in total. The molecule has 0 unspecified atom stereocenters. The minimum absolute atomic E-state index is 0.673. The maximum absolute atomic E-state index is 5.46. The molecular weight excluding hydrogens is 138 g/mol. The van der Waals surface area contributed by atoms with Crippen LogP contribution in [0.1, 0.15) is 20.3 Å². The third-order valence-corrected chi connectivity index (χ3v) is 1.95. The van der Waals surface area contributed by atoms with Crippen LogP contribution in [0, 0.1) is 5.92 Å². The fourth-order valence-electron chi connectivity index (χ4n) is 1.12. The van der Waals surface area contributed by atoms with Crippen LogP contribution >= 0.6 is 0 Å². The van der Waals surface area contributed by atoms with Crippen LogP contribution in [0.2, 0.25) is 0 Å². The first kappa shape index (κ1) is 9.01. The fraction of sp³-hybridized carbons (Fsp3) is 1.00. The molecule has 0 spiro atoms. The van der Waals surface area contributed by atoms with E-state index < -0.39 is 0 Å². The Balaban J connectivity index is 1.80. The summed E-state index contributed by atoms with van der Waals surface area (Å²) in [5.41, 5.74) is 0. The Morgan fingerprint density at radius 2 is 2.09 bits per heavy atom. The lowest BCUT2D eigenvalue weighted by Gasteiger charge is -2.30. The van der Waals surface area contributed by atoms with Gasteiger partial charge in [0.15, 0.2) is 0 Å². The van der Waals surface area contributed by atoms with Crippen LogP contribution in [-0.2, 0) is 4.74 Å². The Morgan fingerprint density at radius 1 is 1.36 bits per heavy atom. The van der Waals surface area contributed by atoms with E-state index in [4.69, 9.17) is 4.74 Å². The van der Waals surface area contributed by atoms with Gasteiger partial charge >= 0.3 is 0 Å². The summed E-state index contributed by atoms with van der Waals surface area (Å²) in [7, 11) is 0. The molecule has 2 nitrogen and oxygen atoms in total. The molecule has 1 fully saturated rings. The summed E-state index contributed by atoms with van der Waals surface area (Å²) in [5.74, 6) is 0.673. The predicted octanol–water partition coefficient (Wildman–Crippen LogP) is 1.36. The van der Waals surface area contributed by atoms with E-state index in [0.717, 1.165) is 19.8 Å². The number of hydrogen-bond donors (Lipinski definition) is 0. The molecular formula is C9H19NO. The van der Waals surface area contributed by atoms with Gasteiger partial charge in [-0.05, 0) is 25.4 Å². The van der Waals surface area contributed by atoms with Gasteiger partial charge in [0.2, 0.25) is 0 Å². The van der Waals surface area contributed by atoms with Gasteiger partial charge in [-0.25, -0.2) is 0 Å². The van der Waals surface area contributed by atoms with E-state index in [9.17, 15) is 0 Å². The molecule has 11 heavy (non-hydrogen) atoms. The zero-order chi connectivity index (χ0) is 8.10. The highest BCUT2D eigenvalue weighted by Gasteiger charge is 2.12. The fourth-order valence-corrected chi connectivity index (χ4v) is 1.12. The standard InChI is InChI=1S/C9H19NO/c1-9(2)8-11-7-6-10-4-3-5-10/h9H,3-8H2,1-2H3. The summed E-state index contributed by atoms with van der Waals surface area (Å²) in [6, 6.07) is 0. The first-order valence-electron chi connectivity index (χ1n) is 4.59. The predicted molar refractivity (Wildman–Crippen MR) is 46.7 cm³/mol. The zero-order valence-electron chi connectivity index (χ0n) is 7.68. The van der Waals surface area contributed by atoms with Gasteiger partial charge in [0.1, 0.15) is 0 Å². The minimum atomic E-state index is 0.673. The van der Waals surface area contributed by atoms with Gasteiger partial charge < -0.3 is 9.64 Å². The van der Waals surface area contributed by atoms with E-state index >= 15 is 0 Å². The van der Waals surface area contributed by atoms with Crippen molar-refractivity contribution in [2.75, 3.05) is 32.8 Å². The van der Waals surface area contributed by atoms with E-state index in [1.165, 1.54) is 19.5 Å². The third kappa shape index (κ3) is 3.73.